The summed E-state index contributed by atoms with van der Waals surface area (Å²) in [5, 5.41) is 12.0. The number of benzene rings is 2. The molecule has 5 nitrogen and oxygen atoms in total. The molecule has 1 amide bonds. The molecule has 0 bridgehead atoms. The van der Waals surface area contributed by atoms with Crippen molar-refractivity contribution in [2.24, 2.45) is 0 Å². The average Bonchev–Trinajstić information content (AvgIpc) is 3.01. The van der Waals surface area contributed by atoms with Gasteiger partial charge in [0.2, 0.25) is 5.91 Å². The van der Waals surface area contributed by atoms with E-state index in [2.05, 4.69) is 11.4 Å². The van der Waals surface area contributed by atoms with Crippen LogP contribution in [-0.4, -0.2) is 30.5 Å². The molecule has 6 heteroatoms. The number of carbonyl (C=O) groups excluding carboxylic acids is 1. The fourth-order valence-electron chi connectivity index (χ4n) is 3.07. The molecule has 1 unspecified atom stereocenters. The average molecular weight is 353 g/mol. The molecule has 2 aromatic carbocycles. The van der Waals surface area contributed by atoms with E-state index in [0.29, 0.717) is 30.6 Å². The van der Waals surface area contributed by atoms with E-state index in [-0.39, 0.29) is 24.2 Å². The SMILES string of the molecule is COc1cccc(CNC2CCN(Cc3ccc(C#N)cc3)C2=O)c1F. The standard InChI is InChI=1S/C20H20FN3O2/c1-26-18-4-2-3-16(19(18)21)12-23-17-9-10-24(20(17)25)13-15-7-5-14(11-22)6-8-15/h2-8,17,23H,9-10,12-13H2,1H3. The van der Waals surface area contributed by atoms with Crippen molar-refractivity contribution in [3.63, 3.8) is 0 Å². The van der Waals surface area contributed by atoms with Crippen molar-refractivity contribution in [2.75, 3.05) is 13.7 Å². The zero-order chi connectivity index (χ0) is 18.5. The molecule has 1 N–H and O–H groups in total. The maximum Gasteiger partial charge on any atom is 0.240 e. The highest BCUT2D eigenvalue weighted by Gasteiger charge is 2.31. The zero-order valence-electron chi connectivity index (χ0n) is 14.5. The van der Waals surface area contributed by atoms with Crippen molar-refractivity contribution < 1.29 is 13.9 Å². The number of rotatable bonds is 6. The monoisotopic (exact) mass is 353 g/mol. The van der Waals surface area contributed by atoms with Gasteiger partial charge in [0.05, 0.1) is 24.8 Å². The maximum atomic E-state index is 14.2. The number of likely N-dealkylation sites (tertiary alicyclic amines) is 1. The van der Waals surface area contributed by atoms with E-state index < -0.39 is 5.82 Å². The lowest BCUT2D eigenvalue weighted by molar-refractivity contribution is -0.129. The molecule has 1 heterocycles. The summed E-state index contributed by atoms with van der Waals surface area (Å²) in [7, 11) is 1.43. The van der Waals surface area contributed by atoms with E-state index in [0.717, 1.165) is 5.56 Å². The minimum absolute atomic E-state index is 0.0117. The highest BCUT2D eigenvalue weighted by Crippen LogP contribution is 2.21. The summed E-state index contributed by atoms with van der Waals surface area (Å²) in [5.74, 6) is -0.190. The summed E-state index contributed by atoms with van der Waals surface area (Å²) in [6, 6.07) is 13.9. The molecule has 0 aromatic heterocycles. The van der Waals surface area contributed by atoms with Gasteiger partial charge >= 0.3 is 0 Å². The Labute approximate surface area is 152 Å². The summed E-state index contributed by atoms with van der Waals surface area (Å²) in [6.07, 6.45) is 0.681. The third-order valence-electron chi connectivity index (χ3n) is 4.56. The van der Waals surface area contributed by atoms with E-state index in [1.807, 2.05) is 12.1 Å². The molecule has 1 atom stereocenters. The molecule has 0 spiro atoms. The van der Waals surface area contributed by atoms with Gasteiger partial charge in [0.1, 0.15) is 0 Å². The summed E-state index contributed by atoms with van der Waals surface area (Å²) in [6.45, 7) is 1.43. The van der Waals surface area contributed by atoms with Gasteiger partial charge in [-0.05, 0) is 30.2 Å². The predicted octanol–water partition coefficient (Wildman–Crippen LogP) is 2.60. The van der Waals surface area contributed by atoms with Gasteiger partial charge in [-0.2, -0.15) is 5.26 Å². The van der Waals surface area contributed by atoms with Crippen LogP contribution in [0.3, 0.4) is 0 Å². The number of ether oxygens (including phenoxy) is 1. The quantitative estimate of drug-likeness (QED) is 0.867. The summed E-state index contributed by atoms with van der Waals surface area (Å²) in [5.41, 5.74) is 2.06. The molecule has 2 aromatic rings. The fraction of sp³-hybridized carbons (Fsp3) is 0.300. The number of carbonyl (C=O) groups is 1. The van der Waals surface area contributed by atoms with Crippen molar-refractivity contribution in [2.45, 2.75) is 25.6 Å². The molecule has 26 heavy (non-hydrogen) atoms. The molecule has 0 aliphatic carbocycles. The van der Waals surface area contributed by atoms with E-state index in [9.17, 15) is 9.18 Å². The highest BCUT2D eigenvalue weighted by atomic mass is 19.1. The van der Waals surface area contributed by atoms with Crippen LogP contribution in [0, 0.1) is 17.1 Å². The second-order valence-corrected chi connectivity index (χ2v) is 6.22. The number of hydrogen-bond donors (Lipinski definition) is 1. The number of methoxy groups -OCH3 is 1. The Balaban J connectivity index is 1.58. The van der Waals surface area contributed by atoms with Gasteiger partial charge in [-0.3, -0.25) is 4.79 Å². The Morgan fingerprint density at radius 1 is 1.31 bits per heavy atom. The molecule has 0 radical (unpaired) electrons. The fourth-order valence-corrected chi connectivity index (χ4v) is 3.07. The third-order valence-corrected chi connectivity index (χ3v) is 4.56. The van der Waals surface area contributed by atoms with E-state index in [4.69, 9.17) is 10.00 Å². The molecule has 1 aliphatic heterocycles. The number of halogens is 1. The number of amides is 1. The molecule has 1 fully saturated rings. The first-order chi connectivity index (χ1) is 12.6. The topological polar surface area (TPSA) is 65.4 Å². The lowest BCUT2D eigenvalue weighted by Crippen LogP contribution is -2.37. The van der Waals surface area contributed by atoms with Gasteiger partial charge in [0.25, 0.3) is 0 Å². The highest BCUT2D eigenvalue weighted by molar-refractivity contribution is 5.84. The number of hydrogen-bond acceptors (Lipinski definition) is 4. The van der Waals surface area contributed by atoms with Gasteiger partial charge < -0.3 is 15.0 Å². The largest absolute Gasteiger partial charge is 0.494 e. The van der Waals surface area contributed by atoms with Crippen LogP contribution in [0.15, 0.2) is 42.5 Å². The Hall–Kier alpha value is -2.91. The molecule has 0 saturated carbocycles. The van der Waals surface area contributed by atoms with Crippen LogP contribution in [0.1, 0.15) is 23.1 Å². The van der Waals surface area contributed by atoms with Crippen LogP contribution >= 0.6 is 0 Å². The van der Waals surface area contributed by atoms with Crippen LogP contribution in [0.4, 0.5) is 4.39 Å². The van der Waals surface area contributed by atoms with Gasteiger partial charge in [0, 0.05) is 25.2 Å². The number of nitrogens with zero attached hydrogens (tertiary/aromatic N) is 2. The Kier molecular flexibility index (Phi) is 5.49. The normalized spacial score (nSPS) is 16.6. The number of nitrogens with one attached hydrogen (secondary N) is 1. The second kappa shape index (κ2) is 7.98. The Bertz CT molecular complexity index is 830. The van der Waals surface area contributed by atoms with Crippen molar-refractivity contribution in [3.8, 4) is 11.8 Å². The Morgan fingerprint density at radius 3 is 2.77 bits per heavy atom. The minimum Gasteiger partial charge on any atom is -0.494 e. The maximum absolute atomic E-state index is 14.2. The molecular weight excluding hydrogens is 333 g/mol. The summed E-state index contributed by atoms with van der Waals surface area (Å²) >= 11 is 0. The van der Waals surface area contributed by atoms with Gasteiger partial charge in [-0.1, -0.05) is 24.3 Å². The van der Waals surface area contributed by atoms with Crippen LogP contribution in [-0.2, 0) is 17.9 Å². The lowest BCUT2D eigenvalue weighted by Gasteiger charge is -2.17. The minimum atomic E-state index is -0.401. The molecular formula is C20H20FN3O2. The predicted molar refractivity (Wildman–Crippen MR) is 94.8 cm³/mol. The first-order valence-corrected chi connectivity index (χ1v) is 8.45. The van der Waals surface area contributed by atoms with E-state index in [1.165, 1.54) is 7.11 Å². The molecule has 1 saturated heterocycles. The van der Waals surface area contributed by atoms with Crippen LogP contribution in [0.2, 0.25) is 0 Å². The first-order valence-electron chi connectivity index (χ1n) is 8.45. The lowest BCUT2D eigenvalue weighted by atomic mass is 10.1. The number of nitriles is 1. The van der Waals surface area contributed by atoms with Crippen molar-refractivity contribution in [1.29, 1.82) is 5.26 Å². The van der Waals surface area contributed by atoms with E-state index in [1.54, 1.807) is 35.2 Å². The summed E-state index contributed by atoms with van der Waals surface area (Å²) in [4.78, 5) is 14.3. The van der Waals surface area contributed by atoms with Gasteiger partial charge in [-0.15, -0.1) is 0 Å². The van der Waals surface area contributed by atoms with Gasteiger partial charge in [0.15, 0.2) is 11.6 Å². The van der Waals surface area contributed by atoms with Crippen molar-refractivity contribution in [3.05, 3.63) is 65.0 Å². The third kappa shape index (κ3) is 3.84. The molecule has 3 rings (SSSR count). The molecule has 134 valence electrons. The van der Waals surface area contributed by atoms with Gasteiger partial charge in [-0.25, -0.2) is 4.39 Å². The smallest absolute Gasteiger partial charge is 0.240 e. The van der Waals surface area contributed by atoms with Crippen molar-refractivity contribution >= 4 is 5.91 Å². The van der Waals surface area contributed by atoms with E-state index >= 15 is 0 Å². The van der Waals surface area contributed by atoms with Crippen LogP contribution in [0.5, 0.6) is 5.75 Å². The Morgan fingerprint density at radius 2 is 2.08 bits per heavy atom. The van der Waals surface area contributed by atoms with Crippen LogP contribution in [0.25, 0.3) is 0 Å². The second-order valence-electron chi connectivity index (χ2n) is 6.22. The molecule has 1 aliphatic rings. The first kappa shape index (κ1) is 17.9. The summed E-state index contributed by atoms with van der Waals surface area (Å²) < 4.78 is 19.2. The van der Waals surface area contributed by atoms with Crippen LogP contribution < -0.4 is 10.1 Å². The zero-order valence-corrected chi connectivity index (χ0v) is 14.5. The van der Waals surface area contributed by atoms with Crippen molar-refractivity contribution in [1.82, 2.24) is 10.2 Å².